The standard InChI is InChI=1S/C53H40N2O/c1-31-20-23-36(26-33(31)3)54-49-19-11-16-43-44-29-47-35(28-51(44)56-52(43)49)22-25-41-38-12-5-6-15-42(38)50(55-37-24-21-32(2)34(4)27-37)30-48(41)53(47)45-17-9-7-13-39(45)40-14-8-10-18-46(40)53/h5-30,54-55H,1-4H3. The molecule has 0 amide bonds. The maximum absolute atomic E-state index is 6.85. The van der Waals surface area contributed by atoms with Gasteiger partial charge in [-0.25, -0.2) is 0 Å². The molecular weight excluding hydrogens is 681 g/mol. The van der Waals surface area contributed by atoms with Gasteiger partial charge in [0.25, 0.3) is 0 Å². The van der Waals surface area contributed by atoms with Gasteiger partial charge in [0, 0.05) is 33.2 Å². The van der Waals surface area contributed by atoms with Crippen LogP contribution in [0.3, 0.4) is 0 Å². The summed E-state index contributed by atoms with van der Waals surface area (Å²) in [4.78, 5) is 0. The SMILES string of the molecule is Cc1ccc(Nc2cc3c(c4ccccc24)C=Cc2cc4oc5c(Nc6ccc(C)c(C)c6)cccc5c4cc2C32c3ccccc3-c3ccccc32)cc1C. The van der Waals surface area contributed by atoms with E-state index >= 15 is 0 Å². The minimum atomic E-state index is -0.613. The van der Waals surface area contributed by atoms with Crippen LogP contribution in [0.5, 0.6) is 0 Å². The number of anilines is 4. The number of rotatable bonds is 4. The first-order valence-electron chi connectivity index (χ1n) is 19.5. The van der Waals surface area contributed by atoms with Crippen LogP contribution >= 0.6 is 0 Å². The van der Waals surface area contributed by atoms with Crippen molar-refractivity contribution in [1.82, 2.24) is 0 Å². The van der Waals surface area contributed by atoms with Gasteiger partial charge in [-0.05, 0) is 148 Å². The van der Waals surface area contributed by atoms with Crippen LogP contribution in [0, 0.1) is 27.7 Å². The van der Waals surface area contributed by atoms with Gasteiger partial charge >= 0.3 is 0 Å². The fourth-order valence-corrected chi connectivity index (χ4v) is 9.49. The summed E-state index contributed by atoms with van der Waals surface area (Å²) in [6.07, 6.45) is 4.66. The first-order valence-corrected chi connectivity index (χ1v) is 19.5. The van der Waals surface area contributed by atoms with Gasteiger partial charge in [-0.2, -0.15) is 0 Å². The second kappa shape index (κ2) is 12.1. The van der Waals surface area contributed by atoms with Gasteiger partial charge in [0.1, 0.15) is 5.58 Å². The highest BCUT2D eigenvalue weighted by atomic mass is 16.3. The van der Waals surface area contributed by atoms with E-state index in [-0.39, 0.29) is 0 Å². The molecule has 56 heavy (non-hydrogen) atoms. The largest absolute Gasteiger partial charge is 0.454 e. The van der Waals surface area contributed by atoms with Crippen molar-refractivity contribution in [2.45, 2.75) is 33.1 Å². The molecule has 3 nitrogen and oxygen atoms in total. The molecule has 11 rings (SSSR count). The van der Waals surface area contributed by atoms with Crippen molar-refractivity contribution in [1.29, 1.82) is 0 Å². The van der Waals surface area contributed by atoms with Crippen LogP contribution in [0.1, 0.15) is 55.6 Å². The number of para-hydroxylation sites is 1. The van der Waals surface area contributed by atoms with E-state index in [1.807, 2.05) is 0 Å². The van der Waals surface area contributed by atoms with Gasteiger partial charge in [0.15, 0.2) is 5.58 Å². The summed E-state index contributed by atoms with van der Waals surface area (Å²) in [6.45, 7) is 8.65. The third-order valence-corrected chi connectivity index (χ3v) is 12.5. The normalized spacial score (nSPS) is 13.4. The molecule has 2 N–H and O–H groups in total. The van der Waals surface area contributed by atoms with E-state index in [1.165, 1.54) is 72.0 Å². The molecule has 3 heteroatoms. The zero-order valence-corrected chi connectivity index (χ0v) is 31.9. The third-order valence-electron chi connectivity index (χ3n) is 12.5. The molecule has 1 heterocycles. The molecule has 2 aliphatic rings. The monoisotopic (exact) mass is 720 g/mol. The van der Waals surface area contributed by atoms with Crippen LogP contribution < -0.4 is 10.6 Å². The highest BCUT2D eigenvalue weighted by molar-refractivity contribution is 6.12. The lowest BCUT2D eigenvalue weighted by Crippen LogP contribution is -2.30. The van der Waals surface area contributed by atoms with Gasteiger partial charge in [-0.1, -0.05) is 109 Å². The van der Waals surface area contributed by atoms with Crippen molar-refractivity contribution in [2.75, 3.05) is 10.6 Å². The fourth-order valence-electron chi connectivity index (χ4n) is 9.49. The molecule has 268 valence electrons. The molecule has 1 spiro atoms. The van der Waals surface area contributed by atoms with Gasteiger partial charge in [-0.3, -0.25) is 0 Å². The first kappa shape index (κ1) is 32.6. The number of fused-ring (bicyclic) bond motifs is 14. The maximum Gasteiger partial charge on any atom is 0.158 e. The van der Waals surface area contributed by atoms with Crippen LogP contribution in [0.2, 0.25) is 0 Å². The number of hydrogen-bond donors (Lipinski definition) is 2. The number of benzene rings is 8. The summed E-state index contributed by atoms with van der Waals surface area (Å²) in [5.74, 6) is 0. The molecule has 8 aromatic carbocycles. The van der Waals surface area contributed by atoms with Crippen LogP contribution in [-0.4, -0.2) is 0 Å². The van der Waals surface area contributed by atoms with Gasteiger partial charge in [0.05, 0.1) is 11.1 Å². The molecule has 2 aliphatic carbocycles. The Bertz CT molecular complexity index is 3100. The first-order chi connectivity index (χ1) is 27.4. The molecular formula is C53H40N2O. The van der Waals surface area contributed by atoms with Gasteiger partial charge in [0.2, 0.25) is 0 Å². The predicted molar refractivity (Wildman–Crippen MR) is 236 cm³/mol. The van der Waals surface area contributed by atoms with Crippen LogP contribution in [0.4, 0.5) is 22.7 Å². The van der Waals surface area contributed by atoms with Crippen molar-refractivity contribution in [3.05, 3.63) is 201 Å². The van der Waals surface area contributed by atoms with Crippen molar-refractivity contribution < 1.29 is 4.42 Å². The summed E-state index contributed by atoms with van der Waals surface area (Å²) < 4.78 is 6.85. The van der Waals surface area contributed by atoms with Crippen molar-refractivity contribution in [2.24, 2.45) is 0 Å². The summed E-state index contributed by atoms with van der Waals surface area (Å²) in [5.41, 5.74) is 20.4. The Labute approximate surface area is 327 Å². The highest BCUT2D eigenvalue weighted by Crippen LogP contribution is 2.60. The highest BCUT2D eigenvalue weighted by Gasteiger charge is 2.49. The number of nitrogens with one attached hydrogen (secondary N) is 2. The Balaban J connectivity index is 1.22. The zero-order chi connectivity index (χ0) is 37.7. The molecule has 0 atom stereocenters. The minimum absolute atomic E-state index is 0.613. The Morgan fingerprint density at radius 1 is 0.429 bits per heavy atom. The molecule has 0 bridgehead atoms. The van der Waals surface area contributed by atoms with Crippen LogP contribution in [0.25, 0.3) is 56.0 Å². The summed E-state index contributed by atoms with van der Waals surface area (Å²) >= 11 is 0. The second-order valence-corrected chi connectivity index (χ2v) is 15.7. The average molecular weight is 721 g/mol. The van der Waals surface area contributed by atoms with E-state index in [1.54, 1.807) is 0 Å². The molecule has 9 aromatic rings. The van der Waals surface area contributed by atoms with E-state index in [0.29, 0.717) is 0 Å². The smallest absolute Gasteiger partial charge is 0.158 e. The quantitative estimate of drug-likeness (QED) is 0.190. The molecule has 0 unspecified atom stereocenters. The molecule has 0 saturated heterocycles. The topological polar surface area (TPSA) is 37.2 Å². The lowest BCUT2D eigenvalue weighted by molar-refractivity contribution is 0.669. The third kappa shape index (κ3) is 4.64. The molecule has 0 radical (unpaired) electrons. The van der Waals surface area contributed by atoms with Crippen molar-refractivity contribution in [3.63, 3.8) is 0 Å². The van der Waals surface area contributed by atoms with E-state index < -0.39 is 5.41 Å². The molecule has 1 aromatic heterocycles. The molecule has 0 aliphatic heterocycles. The average Bonchev–Trinajstić information content (AvgIpc) is 3.69. The van der Waals surface area contributed by atoms with Crippen LogP contribution in [0.15, 0.2) is 150 Å². The van der Waals surface area contributed by atoms with Crippen molar-refractivity contribution >= 4 is 67.6 Å². The van der Waals surface area contributed by atoms with E-state index in [9.17, 15) is 0 Å². The Morgan fingerprint density at radius 2 is 1.04 bits per heavy atom. The molecule has 0 saturated carbocycles. The number of furan rings is 1. The number of hydrogen-bond acceptors (Lipinski definition) is 3. The number of aryl methyl sites for hydroxylation is 4. The minimum Gasteiger partial charge on any atom is -0.454 e. The lowest BCUT2D eigenvalue weighted by Gasteiger charge is -2.36. The van der Waals surface area contributed by atoms with Crippen LogP contribution in [-0.2, 0) is 5.41 Å². The molecule has 0 fully saturated rings. The summed E-state index contributed by atoms with van der Waals surface area (Å²) in [7, 11) is 0. The Kier molecular flexibility index (Phi) is 7.03. The fraction of sp³-hybridized carbons (Fsp3) is 0.0943. The lowest BCUT2D eigenvalue weighted by atomic mass is 9.65. The van der Waals surface area contributed by atoms with E-state index in [0.717, 1.165) is 50.3 Å². The zero-order valence-electron chi connectivity index (χ0n) is 31.9. The van der Waals surface area contributed by atoms with Crippen molar-refractivity contribution in [3.8, 4) is 11.1 Å². The Morgan fingerprint density at radius 3 is 1.71 bits per heavy atom. The summed E-state index contributed by atoms with van der Waals surface area (Å²) in [5, 5.41) is 12.2. The van der Waals surface area contributed by atoms with E-state index in [4.69, 9.17) is 4.42 Å². The van der Waals surface area contributed by atoms with E-state index in [2.05, 4.69) is 196 Å². The predicted octanol–water partition coefficient (Wildman–Crippen LogP) is 14.3. The second-order valence-electron chi connectivity index (χ2n) is 15.7. The maximum atomic E-state index is 6.85. The Hall–Kier alpha value is -6.84. The van der Waals surface area contributed by atoms with Gasteiger partial charge in [-0.15, -0.1) is 0 Å². The summed E-state index contributed by atoms with van der Waals surface area (Å²) in [6, 6.07) is 53.6. The van der Waals surface area contributed by atoms with Gasteiger partial charge < -0.3 is 15.1 Å².